The van der Waals surface area contributed by atoms with Crippen molar-refractivity contribution in [3.05, 3.63) is 77.5 Å². The third-order valence-electron chi connectivity index (χ3n) is 5.06. The van der Waals surface area contributed by atoms with Gasteiger partial charge in [-0.25, -0.2) is 0 Å². The first-order chi connectivity index (χ1) is 14.2. The number of aromatic nitrogens is 1. The molecule has 1 aromatic heterocycles. The summed E-state index contributed by atoms with van der Waals surface area (Å²) in [5, 5.41) is 0. The van der Waals surface area contributed by atoms with Gasteiger partial charge in [0, 0.05) is 24.2 Å². The standard InChI is InChI=1S/C24H24N2O3/c1-3-26(16-19-10-7-11-22-23(19)29-15-14-28-22)24(27)20-12-13-21(25-17(20)2)18-8-5-4-6-9-18/h4-13H,3,14-16H2,1-2H3. The summed E-state index contributed by atoms with van der Waals surface area (Å²) in [6.45, 7) is 5.98. The van der Waals surface area contributed by atoms with E-state index in [0.717, 1.165) is 34.0 Å². The molecule has 1 aliphatic rings. The second kappa shape index (κ2) is 8.35. The van der Waals surface area contributed by atoms with E-state index in [-0.39, 0.29) is 5.91 Å². The molecule has 5 heteroatoms. The van der Waals surface area contributed by atoms with E-state index in [1.165, 1.54) is 0 Å². The summed E-state index contributed by atoms with van der Waals surface area (Å²) in [6, 6.07) is 19.6. The lowest BCUT2D eigenvalue weighted by atomic mass is 10.1. The molecule has 0 bridgehead atoms. The van der Waals surface area contributed by atoms with Crippen molar-refractivity contribution in [1.29, 1.82) is 0 Å². The van der Waals surface area contributed by atoms with Crippen LogP contribution in [-0.2, 0) is 6.54 Å². The molecule has 3 aromatic rings. The molecule has 0 unspecified atom stereocenters. The van der Waals surface area contributed by atoms with Gasteiger partial charge in [-0.1, -0.05) is 42.5 Å². The molecule has 5 nitrogen and oxygen atoms in total. The number of aryl methyl sites for hydroxylation is 1. The first kappa shape index (κ1) is 19.0. The number of rotatable bonds is 5. The van der Waals surface area contributed by atoms with E-state index < -0.39 is 0 Å². The molecule has 0 fully saturated rings. The summed E-state index contributed by atoms with van der Waals surface area (Å²) in [5.41, 5.74) is 4.20. The summed E-state index contributed by atoms with van der Waals surface area (Å²) in [4.78, 5) is 19.7. The van der Waals surface area contributed by atoms with Crippen molar-refractivity contribution in [2.75, 3.05) is 19.8 Å². The fraction of sp³-hybridized carbons (Fsp3) is 0.250. The predicted molar refractivity (Wildman–Crippen MR) is 112 cm³/mol. The highest BCUT2D eigenvalue weighted by Gasteiger charge is 2.22. The smallest absolute Gasteiger partial charge is 0.255 e. The maximum absolute atomic E-state index is 13.2. The van der Waals surface area contributed by atoms with E-state index in [1.54, 1.807) is 4.90 Å². The minimum atomic E-state index is -0.0357. The van der Waals surface area contributed by atoms with Crippen LogP contribution in [0.15, 0.2) is 60.7 Å². The monoisotopic (exact) mass is 388 g/mol. The van der Waals surface area contributed by atoms with Crippen LogP contribution in [0.2, 0.25) is 0 Å². The molecule has 1 amide bonds. The van der Waals surface area contributed by atoms with Crippen LogP contribution in [0.1, 0.15) is 28.5 Å². The average molecular weight is 388 g/mol. The summed E-state index contributed by atoms with van der Waals surface area (Å²) in [6.07, 6.45) is 0. The highest BCUT2D eigenvalue weighted by atomic mass is 16.6. The van der Waals surface area contributed by atoms with Gasteiger partial charge in [-0.05, 0) is 32.0 Å². The van der Waals surface area contributed by atoms with E-state index in [9.17, 15) is 4.79 Å². The topological polar surface area (TPSA) is 51.7 Å². The van der Waals surface area contributed by atoms with Gasteiger partial charge in [0.2, 0.25) is 0 Å². The SMILES string of the molecule is CCN(Cc1cccc2c1OCCO2)C(=O)c1ccc(-c2ccccc2)nc1C. The van der Waals surface area contributed by atoms with Gasteiger partial charge >= 0.3 is 0 Å². The molecular weight excluding hydrogens is 364 g/mol. The summed E-state index contributed by atoms with van der Waals surface area (Å²) in [7, 11) is 0. The second-order valence-corrected chi connectivity index (χ2v) is 6.96. The van der Waals surface area contributed by atoms with E-state index in [2.05, 4.69) is 4.98 Å². The molecule has 0 atom stereocenters. The Hall–Kier alpha value is -3.34. The molecule has 4 rings (SSSR count). The van der Waals surface area contributed by atoms with Crippen LogP contribution < -0.4 is 9.47 Å². The van der Waals surface area contributed by atoms with Crippen LogP contribution >= 0.6 is 0 Å². The van der Waals surface area contributed by atoms with Crippen LogP contribution in [0, 0.1) is 6.92 Å². The average Bonchev–Trinajstić information content (AvgIpc) is 2.77. The maximum Gasteiger partial charge on any atom is 0.255 e. The lowest BCUT2D eigenvalue weighted by molar-refractivity contribution is 0.0748. The van der Waals surface area contributed by atoms with Gasteiger partial charge in [0.25, 0.3) is 5.91 Å². The van der Waals surface area contributed by atoms with Gasteiger partial charge in [-0.3, -0.25) is 9.78 Å². The number of carbonyl (C=O) groups excluding carboxylic acids is 1. The molecule has 2 heterocycles. The van der Waals surface area contributed by atoms with Crippen molar-refractivity contribution in [2.24, 2.45) is 0 Å². The third kappa shape index (κ3) is 3.94. The van der Waals surface area contributed by atoms with Crippen molar-refractivity contribution in [3.63, 3.8) is 0 Å². The predicted octanol–water partition coefficient (Wildman–Crippen LogP) is 4.49. The normalized spacial score (nSPS) is 12.5. The number of pyridine rings is 1. The Balaban J connectivity index is 1.58. The van der Waals surface area contributed by atoms with Gasteiger partial charge in [0.15, 0.2) is 11.5 Å². The number of nitrogens with zero attached hydrogens (tertiary/aromatic N) is 2. The second-order valence-electron chi connectivity index (χ2n) is 6.96. The van der Waals surface area contributed by atoms with Gasteiger partial charge in [-0.15, -0.1) is 0 Å². The van der Waals surface area contributed by atoms with E-state index in [1.807, 2.05) is 74.5 Å². The van der Waals surface area contributed by atoms with Crippen molar-refractivity contribution in [2.45, 2.75) is 20.4 Å². The molecular formula is C24H24N2O3. The lowest BCUT2D eigenvalue weighted by Gasteiger charge is -2.25. The Morgan fingerprint density at radius 3 is 2.55 bits per heavy atom. The molecule has 2 aromatic carbocycles. The zero-order valence-electron chi connectivity index (χ0n) is 16.7. The van der Waals surface area contributed by atoms with E-state index in [4.69, 9.17) is 9.47 Å². The van der Waals surface area contributed by atoms with Crippen LogP contribution in [0.25, 0.3) is 11.3 Å². The number of hydrogen-bond acceptors (Lipinski definition) is 4. The van der Waals surface area contributed by atoms with Crippen molar-refractivity contribution < 1.29 is 14.3 Å². The van der Waals surface area contributed by atoms with Crippen LogP contribution in [-0.4, -0.2) is 35.5 Å². The minimum absolute atomic E-state index is 0.0357. The fourth-order valence-electron chi connectivity index (χ4n) is 3.52. The van der Waals surface area contributed by atoms with Gasteiger partial charge in [0.1, 0.15) is 13.2 Å². The number of benzene rings is 2. The fourth-order valence-corrected chi connectivity index (χ4v) is 3.52. The minimum Gasteiger partial charge on any atom is -0.486 e. The largest absolute Gasteiger partial charge is 0.486 e. The molecule has 0 spiro atoms. The Kier molecular flexibility index (Phi) is 5.47. The van der Waals surface area contributed by atoms with E-state index in [0.29, 0.717) is 31.9 Å². The number of fused-ring (bicyclic) bond motifs is 1. The highest BCUT2D eigenvalue weighted by Crippen LogP contribution is 2.34. The molecule has 0 radical (unpaired) electrons. The lowest BCUT2D eigenvalue weighted by Crippen LogP contribution is -2.31. The van der Waals surface area contributed by atoms with Crippen molar-refractivity contribution in [3.8, 4) is 22.8 Å². The molecule has 29 heavy (non-hydrogen) atoms. The van der Waals surface area contributed by atoms with Gasteiger partial charge in [-0.2, -0.15) is 0 Å². The molecule has 0 N–H and O–H groups in total. The quantitative estimate of drug-likeness (QED) is 0.646. The van der Waals surface area contributed by atoms with E-state index >= 15 is 0 Å². The Morgan fingerprint density at radius 1 is 1.00 bits per heavy atom. The third-order valence-corrected chi connectivity index (χ3v) is 5.06. The molecule has 0 saturated carbocycles. The molecule has 0 aliphatic carbocycles. The highest BCUT2D eigenvalue weighted by molar-refractivity contribution is 5.95. The zero-order valence-corrected chi connectivity index (χ0v) is 16.7. The van der Waals surface area contributed by atoms with Crippen LogP contribution in [0.3, 0.4) is 0 Å². The van der Waals surface area contributed by atoms with Gasteiger partial charge in [0.05, 0.1) is 17.0 Å². The maximum atomic E-state index is 13.2. The first-order valence-corrected chi connectivity index (χ1v) is 9.87. The Labute approximate surface area is 170 Å². The van der Waals surface area contributed by atoms with Crippen LogP contribution in [0.4, 0.5) is 0 Å². The Bertz CT molecular complexity index is 1020. The van der Waals surface area contributed by atoms with Crippen molar-refractivity contribution in [1.82, 2.24) is 9.88 Å². The summed E-state index contributed by atoms with van der Waals surface area (Å²) in [5.74, 6) is 1.44. The number of carbonyl (C=O) groups is 1. The number of amides is 1. The van der Waals surface area contributed by atoms with Gasteiger partial charge < -0.3 is 14.4 Å². The molecule has 148 valence electrons. The number of hydrogen-bond donors (Lipinski definition) is 0. The molecule has 0 saturated heterocycles. The number of ether oxygens (including phenoxy) is 2. The molecule has 1 aliphatic heterocycles. The first-order valence-electron chi connectivity index (χ1n) is 9.87. The number of para-hydroxylation sites is 1. The van der Waals surface area contributed by atoms with Crippen molar-refractivity contribution >= 4 is 5.91 Å². The van der Waals surface area contributed by atoms with Crippen LogP contribution in [0.5, 0.6) is 11.5 Å². The summed E-state index contributed by atoms with van der Waals surface area (Å²) < 4.78 is 11.5. The summed E-state index contributed by atoms with van der Waals surface area (Å²) >= 11 is 0. The zero-order chi connectivity index (χ0) is 20.2. The Morgan fingerprint density at radius 2 is 1.79 bits per heavy atom.